The van der Waals surface area contributed by atoms with E-state index in [9.17, 15) is 18.8 Å². The molecule has 148 valence electrons. The Labute approximate surface area is 160 Å². The number of hydrazine groups is 1. The number of nitrogens with one attached hydrogen (secondary N) is 2. The summed E-state index contributed by atoms with van der Waals surface area (Å²) in [5.41, 5.74) is 4.63. The molecule has 1 aliphatic rings. The first kappa shape index (κ1) is 19.4. The number of carbonyl (C=O) groups excluding carboxylic acids is 3. The van der Waals surface area contributed by atoms with Crippen molar-refractivity contribution in [3.8, 4) is 5.75 Å². The number of rotatable bonds is 5. The topological polar surface area (TPSA) is 101 Å². The molecule has 1 saturated heterocycles. The van der Waals surface area contributed by atoms with Crippen molar-refractivity contribution in [3.63, 3.8) is 0 Å². The minimum absolute atomic E-state index is 0.229. The third kappa shape index (κ3) is 5.09. The van der Waals surface area contributed by atoms with E-state index in [-0.39, 0.29) is 30.7 Å². The third-order valence-electron chi connectivity index (χ3n) is 4.32. The average Bonchev–Trinajstić information content (AvgIpc) is 3.26. The van der Waals surface area contributed by atoms with Crippen LogP contribution in [0.1, 0.15) is 23.4 Å². The molecule has 1 aliphatic heterocycles. The van der Waals surface area contributed by atoms with Crippen molar-refractivity contribution in [2.24, 2.45) is 5.92 Å². The number of piperidine rings is 1. The van der Waals surface area contributed by atoms with Crippen LogP contribution < -0.4 is 15.6 Å². The van der Waals surface area contributed by atoms with Crippen LogP contribution >= 0.6 is 0 Å². The fraction of sp³-hybridized carbons (Fsp3) is 0.316. The molecule has 0 aliphatic carbocycles. The van der Waals surface area contributed by atoms with Crippen molar-refractivity contribution in [2.45, 2.75) is 12.8 Å². The molecule has 0 bridgehead atoms. The van der Waals surface area contributed by atoms with Crippen LogP contribution in [0, 0.1) is 11.7 Å². The van der Waals surface area contributed by atoms with Gasteiger partial charge in [0.25, 0.3) is 11.8 Å². The van der Waals surface area contributed by atoms with E-state index in [1.807, 2.05) is 0 Å². The molecule has 0 spiro atoms. The van der Waals surface area contributed by atoms with Crippen molar-refractivity contribution in [3.05, 3.63) is 54.2 Å². The summed E-state index contributed by atoms with van der Waals surface area (Å²) in [6.07, 6.45) is 2.70. The molecule has 28 heavy (non-hydrogen) atoms. The summed E-state index contributed by atoms with van der Waals surface area (Å²) < 4.78 is 23.1. The molecule has 1 aromatic heterocycles. The van der Waals surface area contributed by atoms with Crippen LogP contribution in [0.4, 0.5) is 4.39 Å². The number of hydrogen-bond acceptors (Lipinski definition) is 5. The highest BCUT2D eigenvalue weighted by Gasteiger charge is 2.30. The molecule has 0 radical (unpaired) electrons. The van der Waals surface area contributed by atoms with Crippen LogP contribution in [0.5, 0.6) is 5.75 Å². The highest BCUT2D eigenvalue weighted by molar-refractivity contribution is 5.92. The van der Waals surface area contributed by atoms with Gasteiger partial charge in [0.1, 0.15) is 11.6 Å². The number of furan rings is 1. The smallest absolute Gasteiger partial charge is 0.289 e. The van der Waals surface area contributed by atoms with Crippen LogP contribution in [0.15, 0.2) is 47.1 Å². The molecule has 2 heterocycles. The Morgan fingerprint density at radius 2 is 1.96 bits per heavy atom. The second kappa shape index (κ2) is 9.03. The maximum Gasteiger partial charge on any atom is 0.289 e. The molecule has 2 N–H and O–H groups in total. The van der Waals surface area contributed by atoms with Crippen molar-refractivity contribution in [1.29, 1.82) is 0 Å². The van der Waals surface area contributed by atoms with Crippen molar-refractivity contribution < 1.29 is 27.9 Å². The zero-order chi connectivity index (χ0) is 19.9. The van der Waals surface area contributed by atoms with E-state index in [0.29, 0.717) is 25.1 Å². The van der Waals surface area contributed by atoms with Crippen LogP contribution in [0.2, 0.25) is 0 Å². The van der Waals surface area contributed by atoms with Gasteiger partial charge in [0.2, 0.25) is 5.91 Å². The summed E-state index contributed by atoms with van der Waals surface area (Å²) in [5.74, 6) is -1.49. The monoisotopic (exact) mass is 389 g/mol. The van der Waals surface area contributed by atoms with Crippen molar-refractivity contribution in [1.82, 2.24) is 15.8 Å². The third-order valence-corrected chi connectivity index (χ3v) is 4.32. The van der Waals surface area contributed by atoms with Gasteiger partial charge in [-0.2, -0.15) is 0 Å². The summed E-state index contributed by atoms with van der Waals surface area (Å²) in [7, 11) is 0. The normalized spacial score (nSPS) is 16.3. The van der Waals surface area contributed by atoms with Crippen LogP contribution in [0.25, 0.3) is 0 Å². The molecule has 8 nitrogen and oxygen atoms in total. The average molecular weight is 389 g/mol. The second-order valence-corrected chi connectivity index (χ2v) is 6.35. The van der Waals surface area contributed by atoms with Gasteiger partial charge in [-0.15, -0.1) is 0 Å². The van der Waals surface area contributed by atoms with E-state index < -0.39 is 17.6 Å². The quantitative estimate of drug-likeness (QED) is 0.755. The molecule has 0 saturated carbocycles. The van der Waals surface area contributed by atoms with E-state index in [1.54, 1.807) is 17.0 Å². The molecular weight excluding hydrogens is 369 g/mol. The van der Waals surface area contributed by atoms with E-state index in [0.717, 1.165) is 0 Å². The number of hydrogen-bond donors (Lipinski definition) is 2. The Balaban J connectivity index is 1.43. The number of halogens is 1. The maximum absolute atomic E-state index is 12.8. The Morgan fingerprint density at radius 1 is 1.18 bits per heavy atom. The van der Waals surface area contributed by atoms with Gasteiger partial charge in [-0.25, -0.2) is 4.39 Å². The van der Waals surface area contributed by atoms with Gasteiger partial charge in [0.05, 0.1) is 12.2 Å². The van der Waals surface area contributed by atoms with Crippen LogP contribution in [0.3, 0.4) is 0 Å². The van der Waals surface area contributed by atoms with Crippen LogP contribution in [-0.2, 0) is 9.59 Å². The summed E-state index contributed by atoms with van der Waals surface area (Å²) in [4.78, 5) is 38.0. The van der Waals surface area contributed by atoms with Crippen molar-refractivity contribution >= 4 is 17.7 Å². The first-order valence-corrected chi connectivity index (χ1v) is 8.83. The molecule has 2 aromatic rings. The van der Waals surface area contributed by atoms with E-state index in [1.165, 1.54) is 30.5 Å². The number of nitrogens with zero attached hydrogens (tertiary/aromatic N) is 1. The van der Waals surface area contributed by atoms with Gasteiger partial charge in [0.15, 0.2) is 12.4 Å². The number of ether oxygens (including phenoxy) is 1. The molecule has 3 amide bonds. The Bertz CT molecular complexity index is 823. The molecule has 3 rings (SSSR count). The van der Waals surface area contributed by atoms with Gasteiger partial charge < -0.3 is 14.1 Å². The molecule has 0 unspecified atom stereocenters. The predicted molar refractivity (Wildman–Crippen MR) is 95.5 cm³/mol. The first-order valence-electron chi connectivity index (χ1n) is 8.83. The zero-order valence-electron chi connectivity index (χ0n) is 15.0. The fourth-order valence-electron chi connectivity index (χ4n) is 2.88. The Kier molecular flexibility index (Phi) is 6.25. The lowest BCUT2D eigenvalue weighted by atomic mass is 9.97. The van der Waals surface area contributed by atoms with Gasteiger partial charge >= 0.3 is 0 Å². The standard InChI is InChI=1S/C19H20FN3O5/c20-14-5-7-15(8-6-14)28-12-17(24)21-22-18(25)13-3-1-9-23(11-13)19(26)16-4-2-10-27-16/h2,4-8,10,13H,1,3,9,11-12H2,(H,21,24)(H,22,25)/t13-/m0/s1. The SMILES string of the molecule is O=C(COc1ccc(F)cc1)NNC(=O)[C@H]1CCCN(C(=O)c2ccco2)C1. The van der Waals surface area contributed by atoms with Crippen LogP contribution in [-0.4, -0.2) is 42.3 Å². The number of benzene rings is 1. The summed E-state index contributed by atoms with van der Waals surface area (Å²) >= 11 is 0. The van der Waals surface area contributed by atoms with Gasteiger partial charge in [0, 0.05) is 13.1 Å². The lowest BCUT2D eigenvalue weighted by molar-refractivity contribution is -0.132. The largest absolute Gasteiger partial charge is 0.484 e. The summed E-state index contributed by atoms with van der Waals surface area (Å²) in [5, 5.41) is 0. The number of carbonyl (C=O) groups is 3. The summed E-state index contributed by atoms with van der Waals surface area (Å²) in [6.45, 7) is 0.453. The Morgan fingerprint density at radius 3 is 2.68 bits per heavy atom. The zero-order valence-corrected chi connectivity index (χ0v) is 15.0. The lowest BCUT2D eigenvalue weighted by Gasteiger charge is -2.31. The molecule has 9 heteroatoms. The molecule has 1 fully saturated rings. The molecular formula is C19H20FN3O5. The minimum atomic E-state index is -0.558. The van der Waals surface area contributed by atoms with Gasteiger partial charge in [-0.1, -0.05) is 0 Å². The maximum atomic E-state index is 12.8. The predicted octanol–water partition coefficient (Wildman–Crippen LogP) is 1.50. The highest BCUT2D eigenvalue weighted by Crippen LogP contribution is 2.19. The van der Waals surface area contributed by atoms with E-state index in [2.05, 4.69) is 10.9 Å². The summed E-state index contributed by atoms with van der Waals surface area (Å²) in [6, 6.07) is 8.43. The van der Waals surface area contributed by atoms with E-state index >= 15 is 0 Å². The number of likely N-dealkylation sites (tertiary alicyclic amines) is 1. The van der Waals surface area contributed by atoms with E-state index in [4.69, 9.17) is 9.15 Å². The minimum Gasteiger partial charge on any atom is -0.484 e. The van der Waals surface area contributed by atoms with Gasteiger partial charge in [-0.05, 0) is 49.2 Å². The second-order valence-electron chi connectivity index (χ2n) is 6.35. The van der Waals surface area contributed by atoms with Gasteiger partial charge in [-0.3, -0.25) is 25.2 Å². The highest BCUT2D eigenvalue weighted by atomic mass is 19.1. The fourth-order valence-corrected chi connectivity index (χ4v) is 2.88. The lowest BCUT2D eigenvalue weighted by Crippen LogP contribution is -2.50. The number of amides is 3. The molecule has 1 aromatic carbocycles. The molecule has 1 atom stereocenters. The first-order chi connectivity index (χ1) is 13.5. The Hall–Kier alpha value is -3.36. The van der Waals surface area contributed by atoms with Crippen molar-refractivity contribution in [2.75, 3.05) is 19.7 Å².